The van der Waals surface area contributed by atoms with E-state index in [2.05, 4.69) is 0 Å². The van der Waals surface area contributed by atoms with Crippen LogP contribution in [0.1, 0.15) is 24.4 Å². The maximum absolute atomic E-state index is 13.7. The maximum Gasteiger partial charge on any atom is 0.266 e. The van der Waals surface area contributed by atoms with Crippen LogP contribution in [0.15, 0.2) is 108 Å². The predicted molar refractivity (Wildman–Crippen MR) is 150 cm³/mol. The summed E-state index contributed by atoms with van der Waals surface area (Å²) in [5.41, 5.74) is 3.59. The number of benzene rings is 4. The van der Waals surface area contributed by atoms with Crippen molar-refractivity contribution < 1.29 is 55.6 Å². The van der Waals surface area contributed by atoms with E-state index in [1.165, 1.54) is 33.7 Å². The number of carbonyl (C=O) groups is 1. The van der Waals surface area contributed by atoms with Crippen LogP contribution in [0.2, 0.25) is 0 Å². The first kappa shape index (κ1) is 29.7. The van der Waals surface area contributed by atoms with Gasteiger partial charge in [-0.25, -0.2) is 9.37 Å². The summed E-state index contributed by atoms with van der Waals surface area (Å²) in [6, 6.07) is 29.7. The van der Waals surface area contributed by atoms with Gasteiger partial charge in [0.2, 0.25) is 5.91 Å². The second kappa shape index (κ2) is 13.4. The Balaban J connectivity index is 0.00000370. The van der Waals surface area contributed by atoms with Gasteiger partial charge in [0, 0.05) is 47.8 Å². The fraction of sp³-hybridized carbons (Fsp3) is 0.156. The normalized spacial score (nSPS) is 11.6. The first-order valence-corrected chi connectivity index (χ1v) is 12.8. The number of aromatic nitrogens is 2. The molecule has 1 radical (unpaired) electrons. The summed E-state index contributed by atoms with van der Waals surface area (Å²) in [6.45, 7) is 1.59. The van der Waals surface area contributed by atoms with Crippen molar-refractivity contribution in [3.63, 3.8) is 0 Å². The molecule has 8 heteroatoms. The maximum atomic E-state index is 13.7. The van der Waals surface area contributed by atoms with Gasteiger partial charge in [-0.2, -0.15) is 0 Å². The molecule has 1 aromatic heterocycles. The van der Waals surface area contributed by atoms with Crippen LogP contribution >= 0.6 is 0 Å². The van der Waals surface area contributed by atoms with Crippen molar-refractivity contribution in [3.05, 3.63) is 131 Å². The SMILES string of the molecule is CC(c1nc2ccccc2c(=O)n1-c1ccc(F)cc1)N(CCO)C(=O)Cc1ccc(-c2ccccc2)cc1.[Pr]. The number of rotatable bonds is 8. The van der Waals surface area contributed by atoms with Gasteiger partial charge in [-0.15, -0.1) is 0 Å². The fourth-order valence-corrected chi connectivity index (χ4v) is 4.77. The molecule has 0 bridgehead atoms. The Kier molecular flexibility index (Phi) is 9.96. The zero-order valence-electron chi connectivity index (χ0n) is 22.1. The van der Waals surface area contributed by atoms with Gasteiger partial charge in [-0.1, -0.05) is 66.7 Å². The van der Waals surface area contributed by atoms with E-state index in [1.54, 1.807) is 31.2 Å². The van der Waals surface area contributed by atoms with Gasteiger partial charge in [0.1, 0.15) is 11.6 Å². The first-order valence-electron chi connectivity index (χ1n) is 12.8. The monoisotopic (exact) mass is 662 g/mol. The second-order valence-corrected chi connectivity index (χ2v) is 9.33. The molecular weight excluding hydrogens is 634 g/mol. The summed E-state index contributed by atoms with van der Waals surface area (Å²) in [4.78, 5) is 33.5. The van der Waals surface area contributed by atoms with Gasteiger partial charge in [-0.05, 0) is 60.0 Å². The minimum Gasteiger partial charge on any atom is -0.395 e. The summed E-state index contributed by atoms with van der Waals surface area (Å²) < 4.78 is 15.1. The topological polar surface area (TPSA) is 75.4 Å². The van der Waals surface area contributed by atoms with E-state index in [0.29, 0.717) is 22.4 Å². The van der Waals surface area contributed by atoms with Crippen molar-refractivity contribution in [2.24, 2.45) is 0 Å². The van der Waals surface area contributed by atoms with E-state index in [-0.39, 0.29) is 72.3 Å². The van der Waals surface area contributed by atoms with E-state index in [9.17, 15) is 19.1 Å². The summed E-state index contributed by atoms with van der Waals surface area (Å²) in [7, 11) is 0. The Labute approximate surface area is 265 Å². The molecule has 0 aliphatic heterocycles. The molecule has 40 heavy (non-hydrogen) atoms. The molecule has 5 rings (SSSR count). The third-order valence-corrected chi connectivity index (χ3v) is 6.81. The molecule has 0 aliphatic carbocycles. The number of nitrogens with zero attached hydrogens (tertiary/aromatic N) is 3. The van der Waals surface area contributed by atoms with Gasteiger partial charge in [0.25, 0.3) is 5.56 Å². The van der Waals surface area contributed by atoms with Crippen molar-refractivity contribution in [1.82, 2.24) is 14.5 Å². The number of hydrogen-bond acceptors (Lipinski definition) is 4. The largest absolute Gasteiger partial charge is 0.395 e. The van der Waals surface area contributed by atoms with Crippen molar-refractivity contribution in [1.29, 1.82) is 0 Å². The van der Waals surface area contributed by atoms with E-state index < -0.39 is 11.9 Å². The summed E-state index contributed by atoms with van der Waals surface area (Å²) in [5, 5.41) is 10.2. The number of fused-ring (bicyclic) bond motifs is 1. The van der Waals surface area contributed by atoms with Crippen LogP contribution in [0.5, 0.6) is 0 Å². The molecule has 0 saturated heterocycles. The number of aliphatic hydroxyl groups is 1. The quantitative estimate of drug-likeness (QED) is 0.244. The number of para-hydroxylation sites is 1. The Morgan fingerprint density at radius 3 is 2.20 bits per heavy atom. The molecule has 6 nitrogen and oxygen atoms in total. The Bertz CT molecular complexity index is 1660. The van der Waals surface area contributed by atoms with Crippen LogP contribution in [0.3, 0.4) is 0 Å². The molecule has 4 aromatic carbocycles. The number of hydrogen-bond donors (Lipinski definition) is 1. The van der Waals surface area contributed by atoms with Gasteiger partial charge in [0.05, 0.1) is 35.7 Å². The summed E-state index contributed by atoms with van der Waals surface area (Å²) in [6.07, 6.45) is 0.119. The molecule has 199 valence electrons. The van der Waals surface area contributed by atoms with Crippen molar-refractivity contribution in [3.8, 4) is 16.8 Å². The number of carbonyl (C=O) groups excluding carboxylic acids is 1. The second-order valence-electron chi connectivity index (χ2n) is 9.33. The van der Waals surface area contributed by atoms with Crippen molar-refractivity contribution in [2.75, 3.05) is 13.2 Å². The fourth-order valence-electron chi connectivity index (χ4n) is 4.77. The standard InChI is InChI=1S/C32H28FN3O3.Pr/c1-22(31-34-29-10-6-5-9-28(29)32(39)36(31)27-17-15-26(33)16-18-27)35(19-20-37)30(38)21-23-11-13-25(14-12-23)24-7-3-2-4-8-24;/h2-18,22,37H,19-21H2,1H3;. The van der Waals surface area contributed by atoms with E-state index in [1.807, 2.05) is 54.6 Å². The molecule has 0 saturated carbocycles. The average molecular weight is 663 g/mol. The predicted octanol–water partition coefficient (Wildman–Crippen LogP) is 5.32. The molecule has 1 atom stereocenters. The van der Waals surface area contributed by atoms with Crippen molar-refractivity contribution in [2.45, 2.75) is 19.4 Å². The van der Waals surface area contributed by atoms with Gasteiger partial charge in [-0.3, -0.25) is 14.2 Å². The number of halogens is 1. The molecular formula is C32H28FN3O3Pr. The summed E-state index contributed by atoms with van der Waals surface area (Å²) in [5.74, 6) is -0.311. The molecule has 1 unspecified atom stereocenters. The summed E-state index contributed by atoms with van der Waals surface area (Å²) >= 11 is 0. The Morgan fingerprint density at radius 2 is 1.52 bits per heavy atom. The smallest absolute Gasteiger partial charge is 0.266 e. The zero-order valence-corrected chi connectivity index (χ0v) is 25.8. The van der Waals surface area contributed by atoms with E-state index >= 15 is 0 Å². The van der Waals surface area contributed by atoms with Gasteiger partial charge >= 0.3 is 0 Å². The van der Waals surface area contributed by atoms with Crippen molar-refractivity contribution >= 4 is 16.8 Å². The molecule has 1 amide bonds. The minimum absolute atomic E-state index is 0. The average Bonchev–Trinajstić information content (AvgIpc) is 2.97. The molecule has 0 aliphatic rings. The third-order valence-electron chi connectivity index (χ3n) is 6.81. The molecule has 1 heterocycles. The van der Waals surface area contributed by atoms with Crippen LogP contribution in [0.25, 0.3) is 27.7 Å². The molecule has 5 aromatic rings. The van der Waals surface area contributed by atoms with E-state index in [0.717, 1.165) is 16.7 Å². The van der Waals surface area contributed by atoms with Crippen LogP contribution in [-0.4, -0.2) is 38.6 Å². The van der Waals surface area contributed by atoms with Crippen LogP contribution in [0.4, 0.5) is 4.39 Å². The van der Waals surface area contributed by atoms with Crippen LogP contribution in [-0.2, 0) is 11.2 Å². The van der Waals surface area contributed by atoms with Crippen LogP contribution < -0.4 is 5.56 Å². The zero-order chi connectivity index (χ0) is 27.4. The Hall–Kier alpha value is -3.26. The van der Waals surface area contributed by atoms with Gasteiger partial charge in [0.15, 0.2) is 0 Å². The first-order chi connectivity index (χ1) is 19.0. The molecule has 0 spiro atoms. The minimum atomic E-state index is -0.657. The van der Waals surface area contributed by atoms with Crippen LogP contribution in [0, 0.1) is 47.1 Å². The molecule has 1 N–H and O–H groups in total. The Morgan fingerprint density at radius 1 is 0.900 bits per heavy atom. The third kappa shape index (κ3) is 6.38. The van der Waals surface area contributed by atoms with E-state index in [4.69, 9.17) is 4.98 Å². The van der Waals surface area contributed by atoms with Gasteiger partial charge < -0.3 is 10.0 Å². The number of aliphatic hydroxyl groups excluding tert-OH is 1. The molecule has 0 fully saturated rings. The number of amides is 1.